The SMILES string of the molecule is CCOC(=O)/C=C/COC[C@H](NC(=O)OC(C)(C)C)c1nc(-c2cc3ccccc3nc2OC)cn1COCC[Si](C)(C)C. The van der Waals surface area contributed by atoms with E-state index in [-0.39, 0.29) is 26.6 Å². The number of aromatic nitrogens is 3. The number of ether oxygens (including phenoxy) is 5. The summed E-state index contributed by atoms with van der Waals surface area (Å²) < 4.78 is 29.9. The molecule has 2 heterocycles. The Bertz CT molecular complexity index is 1430. The first-order valence-corrected chi connectivity index (χ1v) is 18.5. The van der Waals surface area contributed by atoms with Crippen LogP contribution < -0.4 is 10.1 Å². The zero-order valence-corrected chi connectivity index (χ0v) is 28.1. The number of nitrogens with zero attached hydrogens (tertiary/aromatic N) is 3. The van der Waals surface area contributed by atoms with Gasteiger partial charge in [-0.05, 0) is 45.9 Å². The largest absolute Gasteiger partial charge is 0.480 e. The molecule has 0 spiro atoms. The Labute approximate surface area is 260 Å². The third-order valence-electron chi connectivity index (χ3n) is 6.23. The normalized spacial score (nSPS) is 12.8. The van der Waals surface area contributed by atoms with E-state index in [1.165, 1.54) is 6.08 Å². The lowest BCUT2D eigenvalue weighted by molar-refractivity contribution is -0.137. The molecular formula is C32H46N4O7Si. The first kappa shape index (κ1) is 34.7. The number of hydrogen-bond donors (Lipinski definition) is 1. The minimum Gasteiger partial charge on any atom is -0.480 e. The Morgan fingerprint density at radius 3 is 2.55 bits per heavy atom. The number of alkyl carbamates (subject to hydrolysis) is 1. The van der Waals surface area contributed by atoms with E-state index in [4.69, 9.17) is 28.7 Å². The average molecular weight is 627 g/mol. The summed E-state index contributed by atoms with van der Waals surface area (Å²) >= 11 is 0. The molecule has 1 amide bonds. The van der Waals surface area contributed by atoms with E-state index < -0.39 is 31.8 Å². The quantitative estimate of drug-likeness (QED) is 0.0920. The molecule has 0 aliphatic heterocycles. The van der Waals surface area contributed by atoms with E-state index in [1.807, 2.05) is 41.1 Å². The maximum atomic E-state index is 12.9. The molecule has 1 atom stereocenters. The van der Waals surface area contributed by atoms with Crippen LogP contribution in [0.5, 0.6) is 5.88 Å². The first-order chi connectivity index (χ1) is 20.8. The van der Waals surface area contributed by atoms with Crippen LogP contribution in [0.4, 0.5) is 4.79 Å². The number of carbonyl (C=O) groups excluding carboxylic acids is 2. The number of amides is 1. The summed E-state index contributed by atoms with van der Waals surface area (Å²) in [6.45, 7) is 15.3. The Morgan fingerprint density at radius 1 is 1.11 bits per heavy atom. The molecule has 1 aromatic carbocycles. The van der Waals surface area contributed by atoms with E-state index in [0.717, 1.165) is 16.9 Å². The number of benzene rings is 1. The van der Waals surface area contributed by atoms with Crippen molar-refractivity contribution in [2.24, 2.45) is 0 Å². The lowest BCUT2D eigenvalue weighted by atomic mass is 10.1. The molecule has 3 aromatic rings. The Hall–Kier alpha value is -3.74. The van der Waals surface area contributed by atoms with Gasteiger partial charge in [-0.1, -0.05) is 43.9 Å². The van der Waals surface area contributed by atoms with Crippen LogP contribution in [-0.2, 0) is 30.5 Å². The molecule has 3 rings (SSSR count). The van der Waals surface area contributed by atoms with Crippen molar-refractivity contribution in [1.82, 2.24) is 19.9 Å². The van der Waals surface area contributed by atoms with Gasteiger partial charge in [0.15, 0.2) is 0 Å². The van der Waals surface area contributed by atoms with Gasteiger partial charge in [0.05, 0.1) is 43.7 Å². The number of methoxy groups -OCH3 is 1. The maximum Gasteiger partial charge on any atom is 0.408 e. The highest BCUT2D eigenvalue weighted by Crippen LogP contribution is 2.32. The Morgan fingerprint density at radius 2 is 1.86 bits per heavy atom. The molecule has 12 heteroatoms. The summed E-state index contributed by atoms with van der Waals surface area (Å²) in [6, 6.07) is 10.0. The maximum absolute atomic E-state index is 12.9. The molecule has 240 valence electrons. The molecular weight excluding hydrogens is 580 g/mol. The standard InChI is InChI=1S/C32H46N4O7Si/c1-9-42-28(37)15-12-16-40-21-27(35-31(38)43-32(2,3)4)29-33-26(20-36(29)22-41-17-18-44(6,7)8)24-19-23-13-10-11-14-25(23)34-30(24)39-5/h10-15,19-20,27H,9,16-18,21-22H2,1-8H3,(H,35,38)/b15-12+/t27-/m0/s1. The van der Waals surface area contributed by atoms with Gasteiger partial charge in [0, 0.05) is 32.3 Å². The predicted octanol–water partition coefficient (Wildman–Crippen LogP) is 6.12. The zero-order valence-electron chi connectivity index (χ0n) is 27.1. The highest BCUT2D eigenvalue weighted by atomic mass is 28.3. The van der Waals surface area contributed by atoms with Crippen LogP contribution in [0.2, 0.25) is 25.7 Å². The van der Waals surface area contributed by atoms with Crippen LogP contribution in [0.3, 0.4) is 0 Å². The van der Waals surface area contributed by atoms with Gasteiger partial charge < -0.3 is 33.6 Å². The topological polar surface area (TPSA) is 123 Å². The van der Waals surface area contributed by atoms with E-state index in [1.54, 1.807) is 40.9 Å². The molecule has 2 aromatic heterocycles. The Balaban J connectivity index is 1.98. The second-order valence-electron chi connectivity index (χ2n) is 12.4. The fourth-order valence-corrected chi connectivity index (χ4v) is 4.90. The summed E-state index contributed by atoms with van der Waals surface area (Å²) in [5.74, 6) is 0.480. The second-order valence-corrected chi connectivity index (χ2v) is 18.1. The van der Waals surface area contributed by atoms with E-state index in [0.29, 0.717) is 29.6 Å². The smallest absolute Gasteiger partial charge is 0.408 e. The van der Waals surface area contributed by atoms with Crippen molar-refractivity contribution in [2.75, 3.05) is 33.5 Å². The number of rotatable bonds is 15. The summed E-state index contributed by atoms with van der Waals surface area (Å²) in [5, 5.41) is 3.84. The number of nitrogens with one attached hydrogen (secondary N) is 1. The Kier molecular flexibility index (Phi) is 12.5. The van der Waals surface area contributed by atoms with Crippen molar-refractivity contribution in [3.05, 3.63) is 54.5 Å². The summed E-state index contributed by atoms with van der Waals surface area (Å²) in [7, 11) is 0.264. The van der Waals surface area contributed by atoms with Crippen molar-refractivity contribution in [3.63, 3.8) is 0 Å². The number of hydrogen-bond acceptors (Lipinski definition) is 9. The van der Waals surface area contributed by atoms with Gasteiger partial charge in [-0.25, -0.2) is 19.6 Å². The molecule has 11 nitrogen and oxygen atoms in total. The monoisotopic (exact) mass is 626 g/mol. The molecule has 0 saturated carbocycles. The van der Waals surface area contributed by atoms with Crippen molar-refractivity contribution in [3.8, 4) is 17.1 Å². The van der Waals surface area contributed by atoms with E-state index >= 15 is 0 Å². The summed E-state index contributed by atoms with van der Waals surface area (Å²) in [4.78, 5) is 34.2. The van der Waals surface area contributed by atoms with Gasteiger partial charge in [-0.15, -0.1) is 0 Å². The van der Waals surface area contributed by atoms with Crippen LogP contribution in [0.25, 0.3) is 22.2 Å². The van der Waals surface area contributed by atoms with Crippen LogP contribution in [0.15, 0.2) is 48.7 Å². The van der Waals surface area contributed by atoms with Crippen molar-refractivity contribution in [2.45, 2.75) is 71.8 Å². The van der Waals surface area contributed by atoms with Crippen molar-refractivity contribution >= 4 is 31.0 Å². The molecule has 0 aliphatic carbocycles. The second kappa shape index (κ2) is 15.8. The minimum atomic E-state index is -1.31. The van der Waals surface area contributed by atoms with Crippen LogP contribution in [0.1, 0.15) is 39.6 Å². The van der Waals surface area contributed by atoms with Gasteiger partial charge in [0.1, 0.15) is 24.2 Å². The van der Waals surface area contributed by atoms with E-state index in [2.05, 4.69) is 29.9 Å². The number of pyridine rings is 1. The van der Waals surface area contributed by atoms with Crippen molar-refractivity contribution in [1.29, 1.82) is 0 Å². The molecule has 0 unspecified atom stereocenters. The third-order valence-corrected chi connectivity index (χ3v) is 7.94. The van der Waals surface area contributed by atoms with Crippen LogP contribution in [-0.4, -0.2) is 73.8 Å². The fraction of sp³-hybridized carbons (Fsp3) is 0.500. The number of para-hydroxylation sites is 1. The van der Waals surface area contributed by atoms with Gasteiger partial charge >= 0.3 is 12.1 Å². The van der Waals surface area contributed by atoms with Crippen LogP contribution >= 0.6 is 0 Å². The lowest BCUT2D eigenvalue weighted by Gasteiger charge is -2.24. The van der Waals surface area contributed by atoms with Crippen molar-refractivity contribution < 1.29 is 33.3 Å². The van der Waals surface area contributed by atoms with Gasteiger partial charge in [-0.3, -0.25) is 0 Å². The summed E-state index contributed by atoms with van der Waals surface area (Å²) in [5.41, 5.74) is 1.39. The molecule has 0 aliphatic rings. The predicted molar refractivity (Wildman–Crippen MR) is 172 cm³/mol. The molecule has 0 saturated heterocycles. The number of imidazole rings is 1. The molecule has 0 bridgehead atoms. The van der Waals surface area contributed by atoms with E-state index in [9.17, 15) is 9.59 Å². The zero-order chi connectivity index (χ0) is 32.3. The lowest BCUT2D eigenvalue weighted by Crippen LogP contribution is -2.38. The van der Waals surface area contributed by atoms with Gasteiger partial charge in [0.25, 0.3) is 0 Å². The first-order valence-electron chi connectivity index (χ1n) is 14.8. The molecule has 0 fully saturated rings. The highest BCUT2D eigenvalue weighted by molar-refractivity contribution is 6.76. The molecule has 0 radical (unpaired) electrons. The van der Waals surface area contributed by atoms with Gasteiger partial charge in [-0.2, -0.15) is 0 Å². The average Bonchev–Trinajstić information content (AvgIpc) is 3.36. The minimum absolute atomic E-state index is 0.0465. The van der Waals surface area contributed by atoms with Gasteiger partial charge in [0.2, 0.25) is 5.88 Å². The number of esters is 1. The summed E-state index contributed by atoms with van der Waals surface area (Å²) in [6.07, 6.45) is 4.12. The number of fused-ring (bicyclic) bond motifs is 1. The molecule has 1 N–H and O–H groups in total. The molecule has 44 heavy (non-hydrogen) atoms. The number of carbonyl (C=O) groups is 2. The fourth-order valence-electron chi connectivity index (χ4n) is 4.14. The van der Waals surface area contributed by atoms with Crippen LogP contribution in [0, 0.1) is 0 Å². The highest BCUT2D eigenvalue weighted by Gasteiger charge is 2.26. The third kappa shape index (κ3) is 11.1.